The summed E-state index contributed by atoms with van der Waals surface area (Å²) in [7, 11) is 0. The molecule has 2 N–H and O–H groups in total. The Morgan fingerprint density at radius 1 is 1.50 bits per heavy atom. The third kappa shape index (κ3) is 4.53. The molecule has 1 heterocycles. The third-order valence-electron chi connectivity index (χ3n) is 3.07. The Morgan fingerprint density at radius 3 is 2.83 bits per heavy atom. The van der Waals surface area contributed by atoms with Crippen molar-refractivity contribution in [3.8, 4) is 0 Å². The van der Waals surface area contributed by atoms with Crippen LogP contribution in [0.2, 0.25) is 0 Å². The Balaban J connectivity index is 2.51. The molecule has 0 radical (unpaired) electrons. The average Bonchev–Trinajstić information content (AvgIpc) is 2.77. The van der Waals surface area contributed by atoms with E-state index in [1.807, 2.05) is 43.8 Å². The predicted molar refractivity (Wildman–Crippen MR) is 72.2 cm³/mol. The van der Waals surface area contributed by atoms with Gasteiger partial charge in [-0.3, -0.25) is 4.79 Å². The van der Waals surface area contributed by atoms with Crippen molar-refractivity contribution in [2.75, 3.05) is 0 Å². The van der Waals surface area contributed by atoms with Crippen molar-refractivity contribution >= 4 is 5.91 Å². The molecule has 0 aliphatic rings. The van der Waals surface area contributed by atoms with Gasteiger partial charge in [0.1, 0.15) is 6.54 Å². The Labute approximate surface area is 109 Å². The number of carbonyl (C=O) groups excluding carboxylic acids is 1. The van der Waals surface area contributed by atoms with Crippen LogP contribution in [0.5, 0.6) is 0 Å². The van der Waals surface area contributed by atoms with Crippen LogP contribution in [-0.2, 0) is 11.3 Å². The Kier molecular flexibility index (Phi) is 5.92. The molecule has 4 nitrogen and oxygen atoms in total. The second kappa shape index (κ2) is 7.21. The van der Waals surface area contributed by atoms with Crippen LogP contribution in [0.15, 0.2) is 18.5 Å². The number of amides is 1. The first kappa shape index (κ1) is 14.8. The van der Waals surface area contributed by atoms with E-state index >= 15 is 0 Å². The minimum Gasteiger partial charge on any atom is -0.388 e. The number of nitrogens with one attached hydrogen (secondary N) is 1. The van der Waals surface area contributed by atoms with Gasteiger partial charge >= 0.3 is 0 Å². The van der Waals surface area contributed by atoms with E-state index in [9.17, 15) is 9.90 Å². The lowest BCUT2D eigenvalue weighted by atomic mass is 10.1. The second-order valence-corrected chi connectivity index (χ2v) is 4.80. The standard InChI is InChI=1S/C14H24N2O2/c1-4-6-13(17)12-7-8-16(9-12)10-14(18)15-11(3)5-2/h7-9,11,13,17H,4-6,10H2,1-3H3,(H,15,18). The van der Waals surface area contributed by atoms with Gasteiger partial charge < -0.3 is 15.0 Å². The van der Waals surface area contributed by atoms with Crippen molar-refractivity contribution in [3.63, 3.8) is 0 Å². The zero-order chi connectivity index (χ0) is 13.5. The Hall–Kier alpha value is -1.29. The molecule has 0 spiro atoms. The SMILES string of the molecule is CCCC(O)c1ccn(CC(=O)NC(C)CC)c1. The lowest BCUT2D eigenvalue weighted by Crippen LogP contribution is -2.34. The van der Waals surface area contributed by atoms with Crippen LogP contribution in [-0.4, -0.2) is 21.6 Å². The van der Waals surface area contributed by atoms with Crippen LogP contribution < -0.4 is 5.32 Å². The number of carbonyl (C=O) groups is 1. The quantitative estimate of drug-likeness (QED) is 0.782. The molecule has 1 amide bonds. The molecule has 2 unspecified atom stereocenters. The normalized spacial score (nSPS) is 14.2. The minimum absolute atomic E-state index is 0.0106. The molecule has 1 aromatic rings. The minimum atomic E-state index is -0.422. The fraction of sp³-hybridized carbons (Fsp3) is 0.643. The molecule has 0 fully saturated rings. The Morgan fingerprint density at radius 2 is 2.22 bits per heavy atom. The topological polar surface area (TPSA) is 54.3 Å². The molecule has 0 saturated heterocycles. The number of aliphatic hydroxyl groups is 1. The van der Waals surface area contributed by atoms with Crippen molar-refractivity contribution in [2.45, 2.75) is 58.7 Å². The van der Waals surface area contributed by atoms with Crippen LogP contribution in [0.4, 0.5) is 0 Å². The summed E-state index contributed by atoms with van der Waals surface area (Å²) in [6, 6.07) is 2.08. The molecule has 18 heavy (non-hydrogen) atoms. The summed E-state index contributed by atoms with van der Waals surface area (Å²) in [5.74, 6) is 0.0106. The molecule has 0 aromatic carbocycles. The summed E-state index contributed by atoms with van der Waals surface area (Å²) in [6.45, 7) is 6.38. The smallest absolute Gasteiger partial charge is 0.240 e. The molecule has 2 atom stereocenters. The van der Waals surface area contributed by atoms with Gasteiger partial charge in [-0.15, -0.1) is 0 Å². The molecule has 1 rings (SSSR count). The third-order valence-corrected chi connectivity index (χ3v) is 3.07. The van der Waals surface area contributed by atoms with Crippen LogP contribution in [0, 0.1) is 0 Å². The van der Waals surface area contributed by atoms with Gasteiger partial charge in [0.25, 0.3) is 0 Å². The molecule has 0 aliphatic carbocycles. The summed E-state index contributed by atoms with van der Waals surface area (Å²) in [4.78, 5) is 11.7. The highest BCUT2D eigenvalue weighted by molar-refractivity contribution is 5.76. The van der Waals surface area contributed by atoms with Gasteiger partial charge in [-0.1, -0.05) is 20.3 Å². The van der Waals surface area contributed by atoms with Gasteiger partial charge in [0.2, 0.25) is 5.91 Å². The van der Waals surface area contributed by atoms with Crippen molar-refractivity contribution in [2.24, 2.45) is 0 Å². The van der Waals surface area contributed by atoms with E-state index in [0.29, 0.717) is 6.54 Å². The molecular formula is C14H24N2O2. The van der Waals surface area contributed by atoms with Gasteiger partial charge in [0.15, 0.2) is 0 Å². The summed E-state index contributed by atoms with van der Waals surface area (Å²) < 4.78 is 1.81. The van der Waals surface area contributed by atoms with Crippen molar-refractivity contribution in [1.82, 2.24) is 9.88 Å². The van der Waals surface area contributed by atoms with Crippen LogP contribution in [0.25, 0.3) is 0 Å². The van der Waals surface area contributed by atoms with Crippen LogP contribution in [0.3, 0.4) is 0 Å². The highest BCUT2D eigenvalue weighted by Crippen LogP contribution is 2.18. The maximum atomic E-state index is 11.7. The van der Waals surface area contributed by atoms with Crippen LogP contribution >= 0.6 is 0 Å². The molecule has 4 heteroatoms. The van der Waals surface area contributed by atoms with Gasteiger partial charge in [0.05, 0.1) is 6.10 Å². The highest BCUT2D eigenvalue weighted by atomic mass is 16.3. The first-order valence-corrected chi connectivity index (χ1v) is 6.69. The summed E-state index contributed by atoms with van der Waals surface area (Å²) in [5, 5.41) is 12.8. The maximum Gasteiger partial charge on any atom is 0.240 e. The molecule has 0 bridgehead atoms. The summed E-state index contributed by atoms with van der Waals surface area (Å²) >= 11 is 0. The van der Waals surface area contributed by atoms with Crippen molar-refractivity contribution in [1.29, 1.82) is 0 Å². The summed E-state index contributed by atoms with van der Waals surface area (Å²) in [6.07, 6.45) is 5.89. The zero-order valence-corrected chi connectivity index (χ0v) is 11.5. The lowest BCUT2D eigenvalue weighted by molar-refractivity contribution is -0.122. The first-order valence-electron chi connectivity index (χ1n) is 6.69. The maximum absolute atomic E-state index is 11.7. The van der Waals surface area contributed by atoms with Crippen molar-refractivity contribution < 1.29 is 9.90 Å². The molecule has 0 aliphatic heterocycles. The van der Waals surface area contributed by atoms with Gasteiger partial charge in [-0.2, -0.15) is 0 Å². The second-order valence-electron chi connectivity index (χ2n) is 4.80. The Bertz CT molecular complexity index is 374. The van der Waals surface area contributed by atoms with Gasteiger partial charge in [0, 0.05) is 18.4 Å². The monoisotopic (exact) mass is 252 g/mol. The number of hydrogen-bond acceptors (Lipinski definition) is 2. The average molecular weight is 252 g/mol. The van der Waals surface area contributed by atoms with E-state index in [-0.39, 0.29) is 11.9 Å². The van der Waals surface area contributed by atoms with Crippen molar-refractivity contribution in [3.05, 3.63) is 24.0 Å². The highest BCUT2D eigenvalue weighted by Gasteiger charge is 2.10. The fourth-order valence-electron chi connectivity index (χ4n) is 1.78. The molecule has 0 saturated carbocycles. The molecule has 102 valence electrons. The predicted octanol–water partition coefficient (Wildman–Crippen LogP) is 2.24. The molecular weight excluding hydrogens is 228 g/mol. The van der Waals surface area contributed by atoms with E-state index in [4.69, 9.17) is 0 Å². The number of nitrogens with zero attached hydrogens (tertiary/aromatic N) is 1. The summed E-state index contributed by atoms with van der Waals surface area (Å²) in [5.41, 5.74) is 0.883. The van der Waals surface area contributed by atoms with E-state index in [0.717, 1.165) is 24.8 Å². The number of aliphatic hydroxyl groups excluding tert-OH is 1. The van der Waals surface area contributed by atoms with E-state index < -0.39 is 6.10 Å². The van der Waals surface area contributed by atoms with E-state index in [1.54, 1.807) is 0 Å². The van der Waals surface area contributed by atoms with Gasteiger partial charge in [-0.05, 0) is 31.4 Å². The lowest BCUT2D eigenvalue weighted by Gasteiger charge is -2.11. The number of aromatic nitrogens is 1. The number of rotatable bonds is 7. The first-order chi connectivity index (χ1) is 8.56. The van der Waals surface area contributed by atoms with Gasteiger partial charge in [-0.25, -0.2) is 0 Å². The fourth-order valence-corrected chi connectivity index (χ4v) is 1.78. The van der Waals surface area contributed by atoms with E-state index in [2.05, 4.69) is 5.32 Å². The van der Waals surface area contributed by atoms with Crippen LogP contribution in [0.1, 0.15) is 51.7 Å². The molecule has 1 aromatic heterocycles. The van der Waals surface area contributed by atoms with E-state index in [1.165, 1.54) is 0 Å². The largest absolute Gasteiger partial charge is 0.388 e. The number of hydrogen-bond donors (Lipinski definition) is 2. The zero-order valence-electron chi connectivity index (χ0n) is 11.5.